The number of unbranched alkanes of at least 4 members (excludes halogenated alkanes) is 6. The molecule has 0 saturated carbocycles. The number of benzene rings is 1. The van der Waals surface area contributed by atoms with Crippen molar-refractivity contribution in [2.75, 3.05) is 0 Å². The molecular weight excluding hydrogens is 286 g/mol. The van der Waals surface area contributed by atoms with Gasteiger partial charge < -0.3 is 0 Å². The zero-order chi connectivity index (χ0) is 15.5. The highest BCUT2D eigenvalue weighted by Gasteiger charge is 2.15. The van der Waals surface area contributed by atoms with E-state index in [1.54, 1.807) is 18.2 Å². The molecule has 3 nitrogen and oxygen atoms in total. The van der Waals surface area contributed by atoms with Gasteiger partial charge in [-0.25, -0.2) is 0 Å². The van der Waals surface area contributed by atoms with Gasteiger partial charge in [-0.3, -0.25) is 10.1 Å². The number of rotatable bonds is 11. The Morgan fingerprint density at radius 2 is 1.71 bits per heavy atom. The molecule has 0 aliphatic carbocycles. The fourth-order valence-electron chi connectivity index (χ4n) is 2.53. The maximum Gasteiger partial charge on any atom is 0.272 e. The van der Waals surface area contributed by atoms with E-state index in [2.05, 4.69) is 6.92 Å². The number of nitro benzene ring substituents is 1. The number of halogens is 1. The van der Waals surface area contributed by atoms with Crippen LogP contribution in [0.1, 0.15) is 63.9 Å². The molecule has 21 heavy (non-hydrogen) atoms. The van der Waals surface area contributed by atoms with Crippen molar-refractivity contribution in [3.8, 4) is 0 Å². The van der Waals surface area contributed by atoms with E-state index in [0.29, 0.717) is 6.42 Å². The number of hydrogen-bond donors (Lipinski definition) is 0. The Kier molecular flexibility index (Phi) is 9.07. The molecular formula is C17H26ClNO2. The summed E-state index contributed by atoms with van der Waals surface area (Å²) in [6.45, 7) is 2.22. The van der Waals surface area contributed by atoms with E-state index < -0.39 is 0 Å². The number of hydrogen-bond acceptors (Lipinski definition) is 2. The van der Waals surface area contributed by atoms with Gasteiger partial charge >= 0.3 is 0 Å². The third-order valence-electron chi connectivity index (χ3n) is 3.75. The van der Waals surface area contributed by atoms with E-state index in [1.165, 1.54) is 38.5 Å². The maximum absolute atomic E-state index is 11.0. The third-order valence-corrected chi connectivity index (χ3v) is 4.12. The first kappa shape index (κ1) is 18.0. The molecule has 1 unspecified atom stereocenters. The van der Waals surface area contributed by atoms with Crippen molar-refractivity contribution >= 4 is 17.3 Å². The van der Waals surface area contributed by atoms with Crippen molar-refractivity contribution in [1.82, 2.24) is 0 Å². The van der Waals surface area contributed by atoms with Crippen LogP contribution in [0, 0.1) is 10.1 Å². The number of nitro groups is 1. The summed E-state index contributed by atoms with van der Waals surface area (Å²) < 4.78 is 0. The van der Waals surface area contributed by atoms with Gasteiger partial charge in [0.05, 0.1) is 4.92 Å². The Balaban J connectivity index is 2.25. The smallest absolute Gasteiger partial charge is 0.258 e. The van der Waals surface area contributed by atoms with Gasteiger partial charge in [-0.1, -0.05) is 70.1 Å². The minimum atomic E-state index is -0.327. The van der Waals surface area contributed by atoms with Crippen molar-refractivity contribution in [3.63, 3.8) is 0 Å². The molecule has 118 valence electrons. The van der Waals surface area contributed by atoms with E-state index in [4.69, 9.17) is 11.6 Å². The fourth-order valence-corrected chi connectivity index (χ4v) is 2.85. The van der Waals surface area contributed by atoms with Gasteiger partial charge in [-0.15, -0.1) is 11.6 Å². The SMILES string of the molecule is CCCCCCCCCC(Cl)Cc1ccccc1[N+](=O)[O-]. The van der Waals surface area contributed by atoms with Crippen LogP contribution in [-0.2, 0) is 6.42 Å². The minimum absolute atomic E-state index is 0.0123. The summed E-state index contributed by atoms with van der Waals surface area (Å²) in [6, 6.07) is 6.88. The second-order valence-corrected chi connectivity index (χ2v) is 6.21. The van der Waals surface area contributed by atoms with E-state index in [9.17, 15) is 10.1 Å². The van der Waals surface area contributed by atoms with E-state index >= 15 is 0 Å². The standard InChI is InChI=1S/C17H26ClNO2/c1-2-3-4-5-6-7-8-12-16(18)14-15-11-9-10-13-17(15)19(20)21/h9-11,13,16H,2-8,12,14H2,1H3. The Morgan fingerprint density at radius 1 is 1.10 bits per heavy atom. The Labute approximate surface area is 132 Å². The number of para-hydroxylation sites is 1. The lowest BCUT2D eigenvalue weighted by molar-refractivity contribution is -0.385. The molecule has 0 bridgehead atoms. The van der Waals surface area contributed by atoms with Crippen LogP contribution < -0.4 is 0 Å². The quantitative estimate of drug-likeness (QED) is 0.221. The highest BCUT2D eigenvalue weighted by atomic mass is 35.5. The topological polar surface area (TPSA) is 43.1 Å². The first-order chi connectivity index (χ1) is 10.1. The molecule has 0 fully saturated rings. The van der Waals surface area contributed by atoms with Gasteiger partial charge in [0.1, 0.15) is 0 Å². The molecule has 0 aliphatic rings. The molecule has 1 atom stereocenters. The van der Waals surface area contributed by atoms with Crippen LogP contribution >= 0.6 is 11.6 Å². The van der Waals surface area contributed by atoms with Crippen molar-refractivity contribution < 1.29 is 4.92 Å². The summed E-state index contributed by atoms with van der Waals surface area (Å²) in [6.07, 6.45) is 10.4. The fraction of sp³-hybridized carbons (Fsp3) is 0.647. The highest BCUT2D eigenvalue weighted by molar-refractivity contribution is 6.20. The van der Waals surface area contributed by atoms with Gasteiger partial charge in [0, 0.05) is 17.0 Å². The van der Waals surface area contributed by atoms with Crippen LogP contribution in [0.3, 0.4) is 0 Å². The summed E-state index contributed by atoms with van der Waals surface area (Å²) in [4.78, 5) is 10.6. The van der Waals surface area contributed by atoms with Gasteiger partial charge in [0.15, 0.2) is 0 Å². The molecule has 0 heterocycles. The molecule has 0 spiro atoms. The molecule has 1 rings (SSSR count). The molecule has 4 heteroatoms. The van der Waals surface area contributed by atoms with Crippen LogP contribution in [0.5, 0.6) is 0 Å². The average Bonchev–Trinajstić information content (AvgIpc) is 2.46. The summed E-state index contributed by atoms with van der Waals surface area (Å²) in [5.41, 5.74) is 0.924. The van der Waals surface area contributed by atoms with Crippen molar-refractivity contribution in [3.05, 3.63) is 39.9 Å². The Hall–Kier alpha value is -1.09. The highest BCUT2D eigenvalue weighted by Crippen LogP contribution is 2.23. The van der Waals surface area contributed by atoms with Crippen LogP contribution in [0.25, 0.3) is 0 Å². The summed E-state index contributed by atoms with van der Waals surface area (Å²) in [7, 11) is 0. The normalized spacial score (nSPS) is 12.3. The lowest BCUT2D eigenvalue weighted by atomic mass is 10.0. The molecule has 0 amide bonds. The van der Waals surface area contributed by atoms with Gasteiger partial charge in [-0.05, 0) is 12.8 Å². The zero-order valence-corrected chi connectivity index (χ0v) is 13.6. The summed E-state index contributed by atoms with van der Waals surface area (Å²) >= 11 is 6.33. The first-order valence-corrected chi connectivity index (χ1v) is 8.45. The monoisotopic (exact) mass is 311 g/mol. The number of nitrogens with zero attached hydrogens (tertiary/aromatic N) is 1. The van der Waals surface area contributed by atoms with E-state index in [1.807, 2.05) is 6.07 Å². The molecule has 1 aromatic rings. The van der Waals surface area contributed by atoms with Crippen molar-refractivity contribution in [1.29, 1.82) is 0 Å². The third kappa shape index (κ3) is 7.47. The van der Waals surface area contributed by atoms with Gasteiger partial charge in [-0.2, -0.15) is 0 Å². The Bertz CT molecular complexity index is 423. The predicted molar refractivity (Wildman–Crippen MR) is 89.1 cm³/mol. The van der Waals surface area contributed by atoms with Gasteiger partial charge in [0.2, 0.25) is 0 Å². The predicted octanol–water partition coefficient (Wildman–Crippen LogP) is 5.89. The van der Waals surface area contributed by atoms with Crippen molar-refractivity contribution in [2.45, 2.75) is 70.1 Å². The second-order valence-electron chi connectivity index (χ2n) is 5.60. The van der Waals surface area contributed by atoms with Crippen LogP contribution in [0.2, 0.25) is 0 Å². The molecule has 0 N–H and O–H groups in total. The molecule has 0 aromatic heterocycles. The zero-order valence-electron chi connectivity index (χ0n) is 12.9. The summed E-state index contributed by atoms with van der Waals surface area (Å²) in [5, 5.41) is 10.9. The molecule has 0 aliphatic heterocycles. The van der Waals surface area contributed by atoms with E-state index in [-0.39, 0.29) is 16.0 Å². The second kappa shape index (κ2) is 10.6. The van der Waals surface area contributed by atoms with Crippen LogP contribution in [0.4, 0.5) is 5.69 Å². The maximum atomic E-state index is 11.0. The van der Waals surface area contributed by atoms with Crippen LogP contribution in [-0.4, -0.2) is 10.3 Å². The van der Waals surface area contributed by atoms with Crippen molar-refractivity contribution in [2.24, 2.45) is 0 Å². The van der Waals surface area contributed by atoms with E-state index in [0.717, 1.165) is 18.4 Å². The Morgan fingerprint density at radius 3 is 2.38 bits per heavy atom. The molecule has 1 aromatic carbocycles. The van der Waals surface area contributed by atoms with Gasteiger partial charge in [0.25, 0.3) is 5.69 Å². The van der Waals surface area contributed by atoms with Crippen LogP contribution in [0.15, 0.2) is 24.3 Å². The first-order valence-electron chi connectivity index (χ1n) is 8.01. The molecule has 0 saturated heterocycles. The summed E-state index contributed by atoms with van der Waals surface area (Å²) in [5.74, 6) is 0. The average molecular weight is 312 g/mol. The molecule has 0 radical (unpaired) electrons. The number of alkyl halides is 1. The lowest BCUT2D eigenvalue weighted by Gasteiger charge is -2.09. The lowest BCUT2D eigenvalue weighted by Crippen LogP contribution is -2.05. The largest absolute Gasteiger partial charge is 0.272 e. The minimum Gasteiger partial charge on any atom is -0.258 e.